The number of guanidine groups is 1. The average molecular weight is 405 g/mol. The topological polar surface area (TPSA) is 36.4 Å². The highest BCUT2D eigenvalue weighted by Gasteiger charge is 2.26. The molecule has 0 unspecified atom stereocenters. The summed E-state index contributed by atoms with van der Waals surface area (Å²) in [7, 11) is 1.45. The van der Waals surface area contributed by atoms with E-state index in [-0.39, 0.29) is 48.8 Å². The zero-order chi connectivity index (χ0) is 14.3. The van der Waals surface area contributed by atoms with E-state index in [2.05, 4.69) is 15.6 Å². The molecule has 114 valence electrons. The lowest BCUT2D eigenvalue weighted by atomic mass is 10.2. The third-order valence-electron chi connectivity index (χ3n) is 2.27. The van der Waals surface area contributed by atoms with Crippen LogP contribution < -0.4 is 10.6 Å². The lowest BCUT2D eigenvalue weighted by Crippen LogP contribution is -2.38. The molecule has 8 heteroatoms. The Bertz CT molecular complexity index is 435. The van der Waals surface area contributed by atoms with E-state index >= 15 is 0 Å². The number of alkyl halides is 3. The van der Waals surface area contributed by atoms with Gasteiger partial charge < -0.3 is 10.6 Å². The van der Waals surface area contributed by atoms with Gasteiger partial charge in [-0.25, -0.2) is 4.39 Å². The molecule has 0 spiro atoms. The molecule has 0 amide bonds. The summed E-state index contributed by atoms with van der Waals surface area (Å²) in [4.78, 5) is 3.78. The van der Waals surface area contributed by atoms with Crippen LogP contribution in [-0.2, 0) is 6.54 Å². The smallest absolute Gasteiger partial charge is 0.356 e. The van der Waals surface area contributed by atoms with E-state index in [1.165, 1.54) is 19.2 Å². The van der Waals surface area contributed by atoms with Crippen LogP contribution in [0.1, 0.15) is 12.0 Å². The van der Waals surface area contributed by atoms with E-state index in [1.54, 1.807) is 12.1 Å². The van der Waals surface area contributed by atoms with Crippen LogP contribution in [0.4, 0.5) is 17.6 Å². The first kappa shape index (κ1) is 18.9. The molecule has 0 heterocycles. The maximum Gasteiger partial charge on any atom is 0.390 e. The van der Waals surface area contributed by atoms with Crippen molar-refractivity contribution in [2.24, 2.45) is 4.99 Å². The molecule has 0 radical (unpaired) electrons. The molecule has 0 aromatic heterocycles. The van der Waals surface area contributed by atoms with Crippen molar-refractivity contribution in [3.8, 4) is 0 Å². The standard InChI is InChI=1S/C12H15F4N3.HI/c1-17-11(18-6-5-12(14,15)16)19-8-9-3-2-4-10(13)7-9;/h2-4,7H,5-6,8H2,1H3,(H2,17,18,19);1H. The zero-order valence-corrected chi connectivity index (χ0v) is 13.1. The summed E-state index contributed by atoms with van der Waals surface area (Å²) >= 11 is 0. The first-order valence-electron chi connectivity index (χ1n) is 5.66. The molecule has 0 aliphatic carbocycles. The van der Waals surface area contributed by atoms with Crippen LogP contribution in [0.2, 0.25) is 0 Å². The zero-order valence-electron chi connectivity index (χ0n) is 10.8. The fourth-order valence-corrected chi connectivity index (χ4v) is 1.38. The summed E-state index contributed by atoms with van der Waals surface area (Å²) in [5.41, 5.74) is 0.679. The number of rotatable bonds is 4. The van der Waals surface area contributed by atoms with E-state index in [1.807, 2.05) is 0 Å². The number of hydrogen-bond acceptors (Lipinski definition) is 1. The van der Waals surface area contributed by atoms with Gasteiger partial charge in [0.15, 0.2) is 5.96 Å². The summed E-state index contributed by atoms with van der Waals surface area (Å²) in [5, 5.41) is 5.34. The van der Waals surface area contributed by atoms with Crippen LogP contribution in [0.15, 0.2) is 29.3 Å². The highest BCUT2D eigenvalue weighted by Crippen LogP contribution is 2.18. The van der Waals surface area contributed by atoms with Crippen LogP contribution in [0.25, 0.3) is 0 Å². The number of benzene rings is 1. The molecule has 0 saturated heterocycles. The van der Waals surface area contributed by atoms with Crippen molar-refractivity contribution in [1.82, 2.24) is 10.6 Å². The van der Waals surface area contributed by atoms with Crippen molar-refractivity contribution >= 4 is 29.9 Å². The predicted octanol–water partition coefficient (Wildman–Crippen LogP) is 3.06. The SMILES string of the molecule is CN=C(NCCC(F)(F)F)NCc1cccc(F)c1.I. The summed E-state index contributed by atoms with van der Waals surface area (Å²) in [5.74, 6) is -0.118. The third-order valence-corrected chi connectivity index (χ3v) is 2.27. The lowest BCUT2D eigenvalue weighted by molar-refractivity contribution is -0.132. The van der Waals surface area contributed by atoms with Crippen LogP contribution in [0, 0.1) is 5.82 Å². The molecule has 2 N–H and O–H groups in total. The summed E-state index contributed by atoms with van der Waals surface area (Å²) in [6.45, 7) is 0.0236. The third kappa shape index (κ3) is 8.18. The van der Waals surface area contributed by atoms with E-state index in [4.69, 9.17) is 0 Å². The maximum absolute atomic E-state index is 12.9. The second-order valence-electron chi connectivity index (χ2n) is 3.85. The van der Waals surface area contributed by atoms with Gasteiger partial charge in [-0.15, -0.1) is 24.0 Å². The van der Waals surface area contributed by atoms with Crippen LogP contribution >= 0.6 is 24.0 Å². The number of aliphatic imine (C=N–C) groups is 1. The van der Waals surface area contributed by atoms with E-state index in [0.29, 0.717) is 5.56 Å². The number of halogens is 5. The van der Waals surface area contributed by atoms with E-state index < -0.39 is 12.6 Å². The Balaban J connectivity index is 0.00000361. The first-order chi connectivity index (χ1) is 8.90. The van der Waals surface area contributed by atoms with Crippen molar-refractivity contribution in [3.05, 3.63) is 35.6 Å². The molecule has 0 bridgehead atoms. The number of nitrogens with zero attached hydrogens (tertiary/aromatic N) is 1. The molecule has 0 aliphatic rings. The van der Waals surface area contributed by atoms with Crippen LogP contribution in [0.3, 0.4) is 0 Å². The van der Waals surface area contributed by atoms with E-state index in [9.17, 15) is 17.6 Å². The van der Waals surface area contributed by atoms with Gasteiger partial charge in [0.25, 0.3) is 0 Å². The van der Waals surface area contributed by atoms with Gasteiger partial charge in [-0.3, -0.25) is 4.99 Å². The Kier molecular flexibility index (Phi) is 8.51. The molecular formula is C12H16F4IN3. The Hall–Kier alpha value is -1.06. The van der Waals surface area contributed by atoms with Gasteiger partial charge >= 0.3 is 6.18 Å². The maximum atomic E-state index is 12.9. The Morgan fingerprint density at radius 1 is 1.25 bits per heavy atom. The summed E-state index contributed by atoms with van der Waals surface area (Å²) < 4.78 is 48.8. The molecule has 1 aromatic carbocycles. The fraction of sp³-hybridized carbons (Fsp3) is 0.417. The Labute approximate surface area is 131 Å². The first-order valence-corrected chi connectivity index (χ1v) is 5.66. The van der Waals surface area contributed by atoms with Crippen LogP contribution in [0.5, 0.6) is 0 Å². The van der Waals surface area contributed by atoms with E-state index in [0.717, 1.165) is 0 Å². The van der Waals surface area contributed by atoms with Gasteiger partial charge in [-0.05, 0) is 17.7 Å². The van der Waals surface area contributed by atoms with Crippen molar-refractivity contribution < 1.29 is 17.6 Å². The lowest BCUT2D eigenvalue weighted by Gasteiger charge is -2.13. The van der Waals surface area contributed by atoms with Crippen molar-refractivity contribution in [2.75, 3.05) is 13.6 Å². The number of hydrogen-bond donors (Lipinski definition) is 2. The Morgan fingerprint density at radius 3 is 2.50 bits per heavy atom. The van der Waals surface area contributed by atoms with Crippen molar-refractivity contribution in [2.45, 2.75) is 19.1 Å². The van der Waals surface area contributed by atoms with Gasteiger partial charge in [0.05, 0.1) is 6.42 Å². The molecular weight excluding hydrogens is 389 g/mol. The average Bonchev–Trinajstić information content (AvgIpc) is 2.32. The second-order valence-corrected chi connectivity index (χ2v) is 3.85. The minimum atomic E-state index is -4.20. The predicted molar refractivity (Wildman–Crippen MR) is 80.7 cm³/mol. The van der Waals surface area contributed by atoms with Gasteiger partial charge in [0.2, 0.25) is 0 Å². The largest absolute Gasteiger partial charge is 0.390 e. The van der Waals surface area contributed by atoms with Gasteiger partial charge in [-0.2, -0.15) is 13.2 Å². The molecule has 0 fully saturated rings. The molecule has 0 saturated carbocycles. The van der Waals surface area contributed by atoms with Gasteiger partial charge in [0.1, 0.15) is 5.82 Å². The minimum absolute atomic E-state index is 0. The summed E-state index contributed by atoms with van der Waals surface area (Å²) in [6, 6.07) is 5.93. The quantitative estimate of drug-likeness (QED) is 0.350. The molecule has 20 heavy (non-hydrogen) atoms. The minimum Gasteiger partial charge on any atom is -0.356 e. The molecule has 1 rings (SSSR count). The van der Waals surface area contributed by atoms with Crippen molar-refractivity contribution in [1.29, 1.82) is 0 Å². The highest BCUT2D eigenvalue weighted by molar-refractivity contribution is 14.0. The molecule has 0 aliphatic heterocycles. The highest BCUT2D eigenvalue weighted by atomic mass is 127. The Morgan fingerprint density at radius 2 is 1.95 bits per heavy atom. The molecule has 3 nitrogen and oxygen atoms in total. The molecule has 0 atom stereocenters. The monoisotopic (exact) mass is 405 g/mol. The normalized spacial score (nSPS) is 11.8. The molecule has 1 aromatic rings. The summed E-state index contributed by atoms with van der Waals surface area (Å²) in [6.07, 6.45) is -5.14. The van der Waals surface area contributed by atoms with Gasteiger partial charge in [0, 0.05) is 20.1 Å². The van der Waals surface area contributed by atoms with Gasteiger partial charge in [-0.1, -0.05) is 12.1 Å². The van der Waals surface area contributed by atoms with Crippen molar-refractivity contribution in [3.63, 3.8) is 0 Å². The fourth-order valence-electron chi connectivity index (χ4n) is 1.38. The van der Waals surface area contributed by atoms with Crippen LogP contribution in [-0.4, -0.2) is 25.7 Å². The second kappa shape index (κ2) is 8.98. The number of nitrogens with one attached hydrogen (secondary N) is 2.